The van der Waals surface area contributed by atoms with Crippen LogP contribution in [-0.2, 0) is 4.79 Å². The number of amides is 1. The maximum absolute atomic E-state index is 11.5. The van der Waals surface area contributed by atoms with E-state index in [0.29, 0.717) is 12.4 Å². The fraction of sp³-hybridized carbons (Fsp3) is 0.500. The number of hydrogen-bond acceptors (Lipinski definition) is 5. The summed E-state index contributed by atoms with van der Waals surface area (Å²) >= 11 is 5.95. The molecule has 0 unspecified atom stereocenters. The molecule has 0 bridgehead atoms. The lowest BCUT2D eigenvalue weighted by atomic mass is 10.4. The number of nitrogens with one attached hydrogen (secondary N) is 1. The number of halogens is 1. The molecule has 17 heavy (non-hydrogen) atoms. The summed E-state index contributed by atoms with van der Waals surface area (Å²) in [6.45, 7) is 2.83. The molecule has 3 N–H and O–H groups in total. The van der Waals surface area contributed by atoms with Gasteiger partial charge in [0.15, 0.2) is 5.82 Å². The van der Waals surface area contributed by atoms with Gasteiger partial charge in [-0.2, -0.15) is 0 Å². The number of aromatic nitrogens is 2. The van der Waals surface area contributed by atoms with Crippen molar-refractivity contribution in [2.45, 2.75) is 13.3 Å². The molecule has 0 aliphatic carbocycles. The van der Waals surface area contributed by atoms with Crippen molar-refractivity contribution in [3.8, 4) is 0 Å². The van der Waals surface area contributed by atoms with E-state index in [9.17, 15) is 4.79 Å². The van der Waals surface area contributed by atoms with Gasteiger partial charge in [0.1, 0.15) is 17.2 Å². The van der Waals surface area contributed by atoms with Gasteiger partial charge in [0.25, 0.3) is 0 Å². The van der Waals surface area contributed by atoms with Crippen molar-refractivity contribution in [1.82, 2.24) is 15.3 Å². The molecule has 1 aromatic heterocycles. The van der Waals surface area contributed by atoms with E-state index >= 15 is 0 Å². The number of carbonyl (C=O) groups excluding carboxylic acids is 1. The monoisotopic (exact) mass is 257 g/mol. The number of nitrogens with two attached hydrogens (primary N) is 1. The third kappa shape index (κ3) is 3.74. The van der Waals surface area contributed by atoms with E-state index in [-0.39, 0.29) is 23.3 Å². The van der Waals surface area contributed by atoms with Gasteiger partial charge >= 0.3 is 0 Å². The lowest BCUT2D eigenvalue weighted by molar-refractivity contribution is -0.119. The van der Waals surface area contributed by atoms with Gasteiger partial charge in [-0.25, -0.2) is 9.97 Å². The Bertz CT molecular complexity index is 398. The predicted octanol–water partition coefficient (Wildman–Crippen LogP) is 0.675. The molecular formula is C10H16ClN5O. The molecule has 0 aliphatic rings. The van der Waals surface area contributed by atoms with Crippen molar-refractivity contribution in [2.24, 2.45) is 0 Å². The highest BCUT2D eigenvalue weighted by Crippen LogP contribution is 2.25. The first-order chi connectivity index (χ1) is 8.06. The second kappa shape index (κ2) is 6.24. The molecule has 94 valence electrons. The van der Waals surface area contributed by atoms with Crippen molar-refractivity contribution in [3.63, 3.8) is 0 Å². The van der Waals surface area contributed by atoms with Crippen LogP contribution in [0.4, 0.5) is 11.6 Å². The topological polar surface area (TPSA) is 84.1 Å². The quantitative estimate of drug-likeness (QED) is 0.810. The first kappa shape index (κ1) is 13.5. The molecule has 0 fully saturated rings. The Morgan fingerprint density at radius 1 is 1.59 bits per heavy atom. The molecule has 0 aromatic carbocycles. The number of carbonyl (C=O) groups is 1. The molecule has 6 nitrogen and oxygen atoms in total. The molecule has 1 amide bonds. The molecular weight excluding hydrogens is 242 g/mol. The number of hydrogen-bond donors (Lipinski definition) is 2. The Hall–Kier alpha value is -1.56. The normalized spacial score (nSPS) is 10.1. The van der Waals surface area contributed by atoms with Crippen LogP contribution in [0.15, 0.2) is 6.33 Å². The van der Waals surface area contributed by atoms with Gasteiger partial charge in [-0.05, 0) is 6.42 Å². The van der Waals surface area contributed by atoms with E-state index in [1.807, 2.05) is 6.92 Å². The van der Waals surface area contributed by atoms with Crippen molar-refractivity contribution in [3.05, 3.63) is 11.3 Å². The number of anilines is 2. The maximum atomic E-state index is 11.5. The van der Waals surface area contributed by atoms with Crippen molar-refractivity contribution in [2.75, 3.05) is 30.8 Å². The molecule has 1 aromatic rings. The standard InChI is InChI=1S/C10H16ClN5O/c1-3-4-13-7(17)5-16(2)10-8(11)9(12)14-6-15-10/h6H,3-5H2,1-2H3,(H,13,17)(H2,12,14,15). The lowest BCUT2D eigenvalue weighted by Crippen LogP contribution is -2.36. The zero-order valence-corrected chi connectivity index (χ0v) is 10.7. The summed E-state index contributed by atoms with van der Waals surface area (Å²) in [5.74, 6) is 0.575. The predicted molar refractivity (Wildman–Crippen MR) is 68.0 cm³/mol. The van der Waals surface area contributed by atoms with Crippen molar-refractivity contribution in [1.29, 1.82) is 0 Å². The van der Waals surface area contributed by atoms with Crippen LogP contribution >= 0.6 is 11.6 Å². The van der Waals surface area contributed by atoms with Gasteiger partial charge in [-0.3, -0.25) is 4.79 Å². The second-order valence-electron chi connectivity index (χ2n) is 3.60. The highest BCUT2D eigenvalue weighted by Gasteiger charge is 2.13. The highest BCUT2D eigenvalue weighted by molar-refractivity contribution is 6.35. The smallest absolute Gasteiger partial charge is 0.239 e. The van der Waals surface area contributed by atoms with E-state index in [2.05, 4.69) is 15.3 Å². The molecule has 1 heterocycles. The largest absolute Gasteiger partial charge is 0.382 e. The van der Waals surface area contributed by atoms with E-state index in [1.54, 1.807) is 11.9 Å². The van der Waals surface area contributed by atoms with Crippen LogP contribution in [0.25, 0.3) is 0 Å². The van der Waals surface area contributed by atoms with Crippen LogP contribution < -0.4 is 16.0 Å². The highest BCUT2D eigenvalue weighted by atomic mass is 35.5. The second-order valence-corrected chi connectivity index (χ2v) is 3.98. The van der Waals surface area contributed by atoms with Gasteiger partial charge in [0, 0.05) is 13.6 Å². The minimum absolute atomic E-state index is 0.0809. The van der Waals surface area contributed by atoms with Crippen LogP contribution in [0, 0.1) is 0 Å². The Labute approximate surface area is 105 Å². The zero-order chi connectivity index (χ0) is 12.8. The minimum Gasteiger partial charge on any atom is -0.382 e. The van der Waals surface area contributed by atoms with Crippen molar-refractivity contribution >= 4 is 29.1 Å². The third-order valence-corrected chi connectivity index (χ3v) is 2.48. The summed E-state index contributed by atoms with van der Waals surface area (Å²) in [6, 6.07) is 0. The molecule has 0 radical (unpaired) electrons. The van der Waals surface area contributed by atoms with E-state index in [4.69, 9.17) is 17.3 Å². The maximum Gasteiger partial charge on any atom is 0.239 e. The molecule has 7 heteroatoms. The summed E-state index contributed by atoms with van der Waals surface area (Å²) in [5.41, 5.74) is 5.56. The fourth-order valence-corrected chi connectivity index (χ4v) is 1.49. The molecule has 0 saturated heterocycles. The summed E-state index contributed by atoms with van der Waals surface area (Å²) in [5, 5.41) is 3.03. The van der Waals surface area contributed by atoms with E-state index in [0.717, 1.165) is 6.42 Å². The number of likely N-dealkylation sites (N-methyl/N-ethyl adjacent to an activating group) is 1. The van der Waals surface area contributed by atoms with E-state index in [1.165, 1.54) is 6.33 Å². The van der Waals surface area contributed by atoms with Gasteiger partial charge in [0.05, 0.1) is 6.54 Å². The molecule has 0 atom stereocenters. The molecule has 1 rings (SSSR count). The number of rotatable bonds is 5. The Kier molecular flexibility index (Phi) is 4.96. The Morgan fingerprint density at radius 3 is 2.94 bits per heavy atom. The number of nitrogens with zero attached hydrogens (tertiary/aromatic N) is 3. The van der Waals surface area contributed by atoms with Crippen LogP contribution in [0.2, 0.25) is 5.02 Å². The summed E-state index contributed by atoms with van der Waals surface area (Å²) < 4.78 is 0. The number of nitrogen functional groups attached to an aromatic ring is 1. The average Bonchev–Trinajstić information content (AvgIpc) is 2.29. The van der Waals surface area contributed by atoms with Gasteiger partial charge in [0.2, 0.25) is 5.91 Å². The summed E-state index contributed by atoms with van der Waals surface area (Å²) in [4.78, 5) is 20.9. The molecule has 0 spiro atoms. The first-order valence-electron chi connectivity index (χ1n) is 5.30. The fourth-order valence-electron chi connectivity index (χ4n) is 1.25. The van der Waals surface area contributed by atoms with Crippen LogP contribution in [0.1, 0.15) is 13.3 Å². The SMILES string of the molecule is CCCNC(=O)CN(C)c1ncnc(N)c1Cl. The summed E-state index contributed by atoms with van der Waals surface area (Å²) in [7, 11) is 1.72. The van der Waals surface area contributed by atoms with Crippen LogP contribution in [-0.4, -0.2) is 36.0 Å². The first-order valence-corrected chi connectivity index (χ1v) is 5.67. The zero-order valence-electron chi connectivity index (χ0n) is 9.90. The van der Waals surface area contributed by atoms with Crippen LogP contribution in [0.5, 0.6) is 0 Å². The van der Waals surface area contributed by atoms with Gasteiger partial charge in [-0.15, -0.1) is 0 Å². The lowest BCUT2D eigenvalue weighted by Gasteiger charge is -2.18. The van der Waals surface area contributed by atoms with Crippen molar-refractivity contribution < 1.29 is 4.79 Å². The minimum atomic E-state index is -0.0809. The average molecular weight is 258 g/mol. The summed E-state index contributed by atoms with van der Waals surface area (Å²) in [6.07, 6.45) is 2.22. The van der Waals surface area contributed by atoms with Crippen LogP contribution in [0.3, 0.4) is 0 Å². The third-order valence-electron chi connectivity index (χ3n) is 2.11. The van der Waals surface area contributed by atoms with Gasteiger partial charge in [-0.1, -0.05) is 18.5 Å². The van der Waals surface area contributed by atoms with Gasteiger partial charge < -0.3 is 16.0 Å². The molecule has 0 aliphatic heterocycles. The molecule has 0 saturated carbocycles. The Morgan fingerprint density at radius 2 is 2.29 bits per heavy atom. The van der Waals surface area contributed by atoms with E-state index < -0.39 is 0 Å². The Balaban J connectivity index is 2.66.